The number of aryl methyl sites for hydroxylation is 1. The van der Waals surface area contributed by atoms with E-state index in [4.69, 9.17) is 9.47 Å². The number of hydrogen-bond acceptors (Lipinski definition) is 3. The van der Waals surface area contributed by atoms with Crippen LogP contribution in [0.25, 0.3) is 0 Å². The lowest BCUT2D eigenvalue weighted by atomic mass is 10.0. The summed E-state index contributed by atoms with van der Waals surface area (Å²) < 4.78 is 11.8. The van der Waals surface area contributed by atoms with Crippen molar-refractivity contribution in [3.8, 4) is 5.75 Å². The fraction of sp³-hybridized carbons (Fsp3) is 0.581. The summed E-state index contributed by atoms with van der Waals surface area (Å²) in [4.78, 5) is 12.8. The van der Waals surface area contributed by atoms with E-state index < -0.39 is 0 Å². The smallest absolute Gasteiger partial charge is 0.367 e. The van der Waals surface area contributed by atoms with Crippen LogP contribution in [0.15, 0.2) is 54.6 Å². The molecule has 2 aromatic carbocycles. The Hall–Kier alpha value is -2.33. The first-order valence-electron chi connectivity index (χ1n) is 13.7. The Kier molecular flexibility index (Phi) is 13.5. The minimum atomic E-state index is -0.238. The molecule has 0 N–H and O–H groups in total. The van der Waals surface area contributed by atoms with Gasteiger partial charge in [0.2, 0.25) is 6.79 Å². The zero-order valence-corrected chi connectivity index (χ0v) is 22.6. The predicted octanol–water partition coefficient (Wildman–Crippen LogP) is 7.69. The van der Waals surface area contributed by atoms with Crippen molar-refractivity contribution < 1.29 is 18.8 Å². The summed E-state index contributed by atoms with van der Waals surface area (Å²) in [5.41, 5.74) is 2.55. The lowest BCUT2D eigenvalue weighted by Gasteiger charge is -2.36. The summed E-state index contributed by atoms with van der Waals surface area (Å²) in [5, 5.41) is 0. The van der Waals surface area contributed by atoms with Gasteiger partial charge < -0.3 is 14.0 Å². The topological polar surface area (TPSA) is 35.5 Å². The fourth-order valence-corrected chi connectivity index (χ4v) is 4.75. The molecule has 4 heteroatoms. The Morgan fingerprint density at radius 3 is 1.97 bits per heavy atom. The number of rotatable bonds is 18. The van der Waals surface area contributed by atoms with E-state index in [1.165, 1.54) is 68.9 Å². The number of carbonyl (C=O) groups excluding carboxylic acids is 1. The van der Waals surface area contributed by atoms with Gasteiger partial charge in [-0.25, -0.2) is 4.79 Å². The van der Waals surface area contributed by atoms with Crippen LogP contribution in [0, 0.1) is 0 Å². The molecule has 0 radical (unpaired) electrons. The van der Waals surface area contributed by atoms with Crippen molar-refractivity contribution in [3.05, 3.63) is 65.7 Å². The second-order valence-corrected chi connectivity index (χ2v) is 10.3. The van der Waals surface area contributed by atoms with Crippen molar-refractivity contribution in [2.45, 2.75) is 97.1 Å². The molecule has 0 aromatic heterocycles. The molecular weight excluding hydrogens is 434 g/mol. The lowest BCUT2D eigenvalue weighted by molar-refractivity contribution is -0.919. The standard InChI is InChI=1S/C31H48NO3/c1-5-7-8-9-10-11-12-13-15-18-27-21-23-29(24-22-27)34-26-35-31(33)30(6-2)32(3,4)25-28-19-16-14-17-20-28/h14,16-17,19-24,30H,5-13,15,18,25-26H2,1-4H3/q+1. The molecule has 0 aliphatic heterocycles. The third-order valence-electron chi connectivity index (χ3n) is 6.85. The fourth-order valence-electron chi connectivity index (χ4n) is 4.75. The van der Waals surface area contributed by atoms with Gasteiger partial charge in [0.25, 0.3) is 0 Å². The summed E-state index contributed by atoms with van der Waals surface area (Å²) in [6.07, 6.45) is 14.0. The van der Waals surface area contributed by atoms with Crippen LogP contribution in [0.5, 0.6) is 5.75 Å². The summed E-state index contributed by atoms with van der Waals surface area (Å²) in [6, 6.07) is 18.2. The van der Waals surface area contributed by atoms with Gasteiger partial charge in [-0.15, -0.1) is 0 Å². The number of esters is 1. The number of carbonyl (C=O) groups is 1. The number of likely N-dealkylation sites (N-methyl/N-ethyl adjacent to an activating group) is 1. The molecule has 0 saturated heterocycles. The molecule has 0 heterocycles. The van der Waals surface area contributed by atoms with Gasteiger partial charge in [0.05, 0.1) is 14.1 Å². The van der Waals surface area contributed by atoms with E-state index >= 15 is 0 Å². The largest absolute Gasteiger partial charge is 0.457 e. The average Bonchev–Trinajstić information content (AvgIpc) is 2.84. The van der Waals surface area contributed by atoms with Gasteiger partial charge in [-0.05, 0) is 30.5 Å². The Balaban J connectivity index is 1.66. The molecule has 0 bridgehead atoms. The molecule has 4 nitrogen and oxygen atoms in total. The molecule has 2 rings (SSSR count). The highest BCUT2D eigenvalue weighted by atomic mass is 16.7. The zero-order valence-electron chi connectivity index (χ0n) is 22.6. The number of nitrogens with zero attached hydrogens (tertiary/aromatic N) is 1. The maximum atomic E-state index is 12.8. The van der Waals surface area contributed by atoms with E-state index in [2.05, 4.69) is 45.3 Å². The zero-order chi connectivity index (χ0) is 25.4. The van der Waals surface area contributed by atoms with Crippen molar-refractivity contribution >= 4 is 5.97 Å². The molecule has 2 aromatic rings. The molecule has 0 spiro atoms. The van der Waals surface area contributed by atoms with Crippen molar-refractivity contribution in [1.82, 2.24) is 0 Å². The van der Waals surface area contributed by atoms with Crippen LogP contribution >= 0.6 is 0 Å². The molecular formula is C31H48NO3+. The van der Waals surface area contributed by atoms with Crippen LogP contribution in [0.2, 0.25) is 0 Å². The predicted molar refractivity (Wildman–Crippen MR) is 145 cm³/mol. The Bertz CT molecular complexity index is 817. The molecule has 35 heavy (non-hydrogen) atoms. The molecule has 194 valence electrons. The number of unbranched alkanes of at least 4 members (excludes halogenated alkanes) is 8. The van der Waals surface area contributed by atoms with Crippen molar-refractivity contribution in [3.63, 3.8) is 0 Å². The van der Waals surface area contributed by atoms with Crippen molar-refractivity contribution in [2.24, 2.45) is 0 Å². The van der Waals surface area contributed by atoms with Crippen LogP contribution in [-0.4, -0.2) is 37.4 Å². The van der Waals surface area contributed by atoms with Crippen LogP contribution in [0.1, 0.15) is 89.2 Å². The highest BCUT2D eigenvalue weighted by Crippen LogP contribution is 2.19. The third-order valence-corrected chi connectivity index (χ3v) is 6.85. The summed E-state index contributed by atoms with van der Waals surface area (Å²) in [6.45, 7) is 5.02. The van der Waals surface area contributed by atoms with Gasteiger partial charge in [0.1, 0.15) is 12.3 Å². The van der Waals surface area contributed by atoms with Crippen molar-refractivity contribution in [2.75, 3.05) is 20.9 Å². The molecule has 0 fully saturated rings. The van der Waals surface area contributed by atoms with E-state index in [1.807, 2.05) is 37.3 Å². The van der Waals surface area contributed by atoms with Crippen LogP contribution in [0.4, 0.5) is 0 Å². The van der Waals surface area contributed by atoms with E-state index in [9.17, 15) is 4.79 Å². The average molecular weight is 483 g/mol. The molecule has 0 amide bonds. The van der Waals surface area contributed by atoms with Gasteiger partial charge in [-0.3, -0.25) is 0 Å². The number of ether oxygens (including phenoxy) is 2. The molecule has 1 atom stereocenters. The second-order valence-electron chi connectivity index (χ2n) is 10.3. The quantitative estimate of drug-likeness (QED) is 0.0945. The SMILES string of the molecule is CCCCCCCCCCCc1ccc(OCOC(=O)C(CC)[N+](C)(C)Cc2ccccc2)cc1. The monoisotopic (exact) mass is 482 g/mol. The van der Waals surface area contributed by atoms with E-state index in [0.717, 1.165) is 18.7 Å². The number of hydrogen-bond donors (Lipinski definition) is 0. The maximum Gasteiger partial charge on any atom is 0.367 e. The molecule has 0 aliphatic carbocycles. The molecule has 1 unspecified atom stereocenters. The van der Waals surface area contributed by atoms with E-state index in [-0.39, 0.29) is 18.8 Å². The number of quaternary nitrogens is 1. The Morgan fingerprint density at radius 1 is 0.771 bits per heavy atom. The normalized spacial score (nSPS) is 12.3. The molecule has 0 saturated carbocycles. The van der Waals surface area contributed by atoms with Crippen molar-refractivity contribution in [1.29, 1.82) is 0 Å². The maximum absolute atomic E-state index is 12.8. The highest BCUT2D eigenvalue weighted by Gasteiger charge is 2.35. The Labute approximate surface area is 214 Å². The first-order valence-corrected chi connectivity index (χ1v) is 13.7. The van der Waals surface area contributed by atoms with Crippen LogP contribution in [0.3, 0.4) is 0 Å². The lowest BCUT2D eigenvalue weighted by Crippen LogP contribution is -2.52. The van der Waals surface area contributed by atoms with Gasteiger partial charge >= 0.3 is 5.97 Å². The van der Waals surface area contributed by atoms with E-state index in [1.54, 1.807) is 0 Å². The van der Waals surface area contributed by atoms with Gasteiger partial charge in [-0.2, -0.15) is 0 Å². The highest BCUT2D eigenvalue weighted by molar-refractivity contribution is 5.74. The summed E-state index contributed by atoms with van der Waals surface area (Å²) >= 11 is 0. The minimum absolute atomic E-state index is 0.0573. The first kappa shape index (κ1) is 28.9. The Morgan fingerprint density at radius 2 is 1.37 bits per heavy atom. The van der Waals surface area contributed by atoms with Crippen LogP contribution in [-0.2, 0) is 22.5 Å². The summed E-state index contributed by atoms with van der Waals surface area (Å²) in [5.74, 6) is 0.523. The summed E-state index contributed by atoms with van der Waals surface area (Å²) in [7, 11) is 4.16. The molecule has 0 aliphatic rings. The number of benzene rings is 2. The third kappa shape index (κ3) is 11.3. The van der Waals surface area contributed by atoms with E-state index in [0.29, 0.717) is 10.9 Å². The van der Waals surface area contributed by atoms with Gasteiger partial charge in [0.15, 0.2) is 6.04 Å². The second kappa shape index (κ2) is 16.4. The minimum Gasteiger partial charge on any atom is -0.457 e. The van der Waals surface area contributed by atoms with Crippen LogP contribution < -0.4 is 4.74 Å². The first-order chi connectivity index (χ1) is 17.0. The van der Waals surface area contributed by atoms with Gasteiger partial charge in [0, 0.05) is 12.0 Å². The van der Waals surface area contributed by atoms with Gasteiger partial charge in [-0.1, -0.05) is 108 Å².